The summed E-state index contributed by atoms with van der Waals surface area (Å²) < 4.78 is 0. The maximum atomic E-state index is 5.44. The highest BCUT2D eigenvalue weighted by Crippen LogP contribution is 2.23. The van der Waals surface area contributed by atoms with Crippen LogP contribution in [0.5, 0.6) is 0 Å². The van der Waals surface area contributed by atoms with E-state index >= 15 is 0 Å². The van der Waals surface area contributed by atoms with Crippen LogP contribution in [-0.2, 0) is 0 Å². The Morgan fingerprint density at radius 2 is 1.92 bits per heavy atom. The summed E-state index contributed by atoms with van der Waals surface area (Å²) in [5.74, 6) is 1.84. The highest BCUT2D eigenvalue weighted by atomic mass is 15.2. The normalized spacial score (nSPS) is 19.4. The zero-order valence-electron chi connectivity index (χ0n) is 9.13. The topological polar surface area (TPSA) is 29.3 Å². The number of nitrogens with zero attached hydrogens (tertiary/aromatic N) is 1. The van der Waals surface area contributed by atoms with E-state index in [-0.39, 0.29) is 0 Å². The molecule has 1 heterocycles. The lowest BCUT2D eigenvalue weighted by Gasteiger charge is -2.41. The van der Waals surface area contributed by atoms with Gasteiger partial charge in [0.05, 0.1) is 0 Å². The number of rotatable bonds is 6. The SMILES string of the molecule is CC(C)C1CN(CCCCCN)C1. The van der Waals surface area contributed by atoms with E-state index in [1.165, 1.54) is 38.9 Å². The van der Waals surface area contributed by atoms with Crippen molar-refractivity contribution in [3.63, 3.8) is 0 Å². The Labute approximate surface area is 82.5 Å². The van der Waals surface area contributed by atoms with Crippen molar-refractivity contribution in [2.24, 2.45) is 17.6 Å². The van der Waals surface area contributed by atoms with Crippen LogP contribution >= 0.6 is 0 Å². The lowest BCUT2D eigenvalue weighted by atomic mass is 9.88. The molecular formula is C11H24N2. The van der Waals surface area contributed by atoms with Crippen molar-refractivity contribution in [2.45, 2.75) is 33.1 Å². The van der Waals surface area contributed by atoms with Gasteiger partial charge in [0.15, 0.2) is 0 Å². The van der Waals surface area contributed by atoms with Crippen molar-refractivity contribution < 1.29 is 0 Å². The van der Waals surface area contributed by atoms with E-state index in [9.17, 15) is 0 Å². The molecule has 0 aromatic carbocycles. The number of hydrogen-bond acceptors (Lipinski definition) is 2. The molecule has 0 unspecified atom stereocenters. The summed E-state index contributed by atoms with van der Waals surface area (Å²) in [6.07, 6.45) is 3.84. The number of hydrogen-bond donors (Lipinski definition) is 1. The second kappa shape index (κ2) is 5.61. The van der Waals surface area contributed by atoms with Gasteiger partial charge in [0.25, 0.3) is 0 Å². The lowest BCUT2D eigenvalue weighted by Crippen LogP contribution is -2.49. The molecule has 1 saturated heterocycles. The van der Waals surface area contributed by atoms with Gasteiger partial charge in [-0.15, -0.1) is 0 Å². The minimum atomic E-state index is 0.856. The third-order valence-electron chi connectivity index (χ3n) is 3.11. The van der Waals surface area contributed by atoms with Crippen molar-refractivity contribution >= 4 is 0 Å². The molecule has 1 aliphatic rings. The Morgan fingerprint density at radius 3 is 2.46 bits per heavy atom. The fourth-order valence-corrected chi connectivity index (χ4v) is 1.87. The zero-order chi connectivity index (χ0) is 9.68. The van der Waals surface area contributed by atoms with Gasteiger partial charge in [0.2, 0.25) is 0 Å². The minimum absolute atomic E-state index is 0.856. The molecule has 0 amide bonds. The van der Waals surface area contributed by atoms with Crippen molar-refractivity contribution in [1.82, 2.24) is 4.90 Å². The Kier molecular flexibility index (Phi) is 4.74. The first kappa shape index (κ1) is 11.0. The first-order valence-electron chi connectivity index (χ1n) is 5.66. The Bertz CT molecular complexity index is 128. The van der Waals surface area contributed by atoms with Crippen molar-refractivity contribution in [1.29, 1.82) is 0 Å². The summed E-state index contributed by atoms with van der Waals surface area (Å²) in [5.41, 5.74) is 5.44. The molecule has 0 aromatic heterocycles. The van der Waals surface area contributed by atoms with Crippen LogP contribution in [0.4, 0.5) is 0 Å². The molecule has 0 saturated carbocycles. The maximum absolute atomic E-state index is 5.44. The Morgan fingerprint density at radius 1 is 1.23 bits per heavy atom. The average molecular weight is 184 g/mol. The summed E-state index contributed by atoms with van der Waals surface area (Å²) in [6, 6.07) is 0. The third kappa shape index (κ3) is 3.65. The van der Waals surface area contributed by atoms with Crippen LogP contribution in [0, 0.1) is 11.8 Å². The summed E-state index contributed by atoms with van der Waals surface area (Å²) in [7, 11) is 0. The first-order valence-corrected chi connectivity index (χ1v) is 5.66. The van der Waals surface area contributed by atoms with Crippen LogP contribution in [0.2, 0.25) is 0 Å². The lowest BCUT2D eigenvalue weighted by molar-refractivity contribution is 0.0671. The second-order valence-electron chi connectivity index (χ2n) is 4.61. The fourth-order valence-electron chi connectivity index (χ4n) is 1.87. The van der Waals surface area contributed by atoms with Gasteiger partial charge in [0.1, 0.15) is 0 Å². The molecule has 0 radical (unpaired) electrons. The Balaban J connectivity index is 1.90. The Hall–Kier alpha value is -0.0800. The fraction of sp³-hybridized carbons (Fsp3) is 1.00. The standard InChI is InChI=1S/C11H24N2/c1-10(2)11-8-13(9-11)7-5-3-4-6-12/h10-11H,3-9,12H2,1-2H3. The molecule has 0 bridgehead atoms. The van der Waals surface area contributed by atoms with Gasteiger partial charge in [0, 0.05) is 13.1 Å². The highest BCUT2D eigenvalue weighted by molar-refractivity contribution is 4.81. The van der Waals surface area contributed by atoms with E-state index < -0.39 is 0 Å². The predicted octanol–water partition coefficient (Wildman–Crippen LogP) is 1.70. The van der Waals surface area contributed by atoms with Crippen molar-refractivity contribution in [2.75, 3.05) is 26.2 Å². The van der Waals surface area contributed by atoms with Crippen LogP contribution in [0.1, 0.15) is 33.1 Å². The molecule has 78 valence electrons. The third-order valence-corrected chi connectivity index (χ3v) is 3.11. The first-order chi connectivity index (χ1) is 6.24. The molecule has 2 nitrogen and oxygen atoms in total. The number of unbranched alkanes of at least 4 members (excludes halogenated alkanes) is 2. The van der Waals surface area contributed by atoms with E-state index in [0.717, 1.165) is 18.4 Å². The van der Waals surface area contributed by atoms with Crippen LogP contribution in [0.3, 0.4) is 0 Å². The zero-order valence-corrected chi connectivity index (χ0v) is 9.13. The molecule has 0 aromatic rings. The van der Waals surface area contributed by atoms with E-state index in [1.807, 2.05) is 0 Å². The van der Waals surface area contributed by atoms with Gasteiger partial charge in [-0.05, 0) is 37.8 Å². The van der Waals surface area contributed by atoms with Crippen LogP contribution in [0.25, 0.3) is 0 Å². The van der Waals surface area contributed by atoms with E-state index in [1.54, 1.807) is 0 Å². The monoisotopic (exact) mass is 184 g/mol. The van der Waals surface area contributed by atoms with Gasteiger partial charge in [-0.2, -0.15) is 0 Å². The molecule has 1 aliphatic heterocycles. The molecule has 1 rings (SSSR count). The number of likely N-dealkylation sites (tertiary alicyclic amines) is 1. The minimum Gasteiger partial charge on any atom is -0.330 e. The quantitative estimate of drug-likeness (QED) is 0.637. The largest absolute Gasteiger partial charge is 0.330 e. The van der Waals surface area contributed by atoms with Gasteiger partial charge in [-0.1, -0.05) is 20.3 Å². The van der Waals surface area contributed by atoms with E-state index in [4.69, 9.17) is 5.73 Å². The van der Waals surface area contributed by atoms with Crippen molar-refractivity contribution in [3.8, 4) is 0 Å². The van der Waals surface area contributed by atoms with Crippen LogP contribution in [0.15, 0.2) is 0 Å². The van der Waals surface area contributed by atoms with E-state index in [0.29, 0.717) is 0 Å². The molecule has 2 heteroatoms. The smallest absolute Gasteiger partial charge is 0.00245 e. The van der Waals surface area contributed by atoms with Gasteiger partial charge in [-0.25, -0.2) is 0 Å². The molecule has 1 fully saturated rings. The van der Waals surface area contributed by atoms with Gasteiger partial charge >= 0.3 is 0 Å². The average Bonchev–Trinajstić information content (AvgIpc) is 2.00. The summed E-state index contributed by atoms with van der Waals surface area (Å²) >= 11 is 0. The molecular weight excluding hydrogens is 160 g/mol. The summed E-state index contributed by atoms with van der Waals surface area (Å²) in [6.45, 7) is 9.48. The van der Waals surface area contributed by atoms with E-state index in [2.05, 4.69) is 18.7 Å². The van der Waals surface area contributed by atoms with Crippen LogP contribution in [-0.4, -0.2) is 31.1 Å². The molecule has 0 atom stereocenters. The number of nitrogens with two attached hydrogens (primary N) is 1. The maximum Gasteiger partial charge on any atom is 0.00245 e. The van der Waals surface area contributed by atoms with Gasteiger partial charge < -0.3 is 10.6 Å². The van der Waals surface area contributed by atoms with Gasteiger partial charge in [-0.3, -0.25) is 0 Å². The molecule has 13 heavy (non-hydrogen) atoms. The second-order valence-corrected chi connectivity index (χ2v) is 4.61. The highest BCUT2D eigenvalue weighted by Gasteiger charge is 2.27. The summed E-state index contributed by atoms with van der Waals surface area (Å²) in [5, 5.41) is 0. The van der Waals surface area contributed by atoms with Crippen molar-refractivity contribution in [3.05, 3.63) is 0 Å². The van der Waals surface area contributed by atoms with Crippen LogP contribution < -0.4 is 5.73 Å². The molecule has 2 N–H and O–H groups in total. The predicted molar refractivity (Wildman–Crippen MR) is 57.7 cm³/mol. The molecule has 0 spiro atoms. The molecule has 0 aliphatic carbocycles. The summed E-state index contributed by atoms with van der Waals surface area (Å²) in [4.78, 5) is 2.57.